The standard InChI is InChI=1S/C15H8BrCl2N/c16-9-5-6-14-12(7-9)11(8-15(18)19-14)10-3-1-2-4-13(10)17/h1-8H. The Hall–Kier alpha value is -1.09. The van der Waals surface area contributed by atoms with E-state index in [-0.39, 0.29) is 0 Å². The van der Waals surface area contributed by atoms with Gasteiger partial charge >= 0.3 is 0 Å². The molecule has 0 aliphatic carbocycles. The molecule has 1 nitrogen and oxygen atoms in total. The molecule has 0 unspecified atom stereocenters. The van der Waals surface area contributed by atoms with E-state index in [0.717, 1.165) is 26.5 Å². The predicted molar refractivity (Wildman–Crippen MR) is 84.9 cm³/mol. The normalized spacial score (nSPS) is 10.9. The molecule has 3 rings (SSSR count). The van der Waals surface area contributed by atoms with Crippen LogP contribution in [0.25, 0.3) is 22.0 Å². The van der Waals surface area contributed by atoms with Crippen LogP contribution in [0, 0.1) is 0 Å². The van der Waals surface area contributed by atoms with Crippen LogP contribution in [0.5, 0.6) is 0 Å². The number of rotatable bonds is 1. The summed E-state index contributed by atoms with van der Waals surface area (Å²) in [6.45, 7) is 0. The minimum absolute atomic E-state index is 0.463. The summed E-state index contributed by atoms with van der Waals surface area (Å²) in [4.78, 5) is 4.33. The Kier molecular flexibility index (Phi) is 3.48. The van der Waals surface area contributed by atoms with Crippen LogP contribution in [0.1, 0.15) is 0 Å². The van der Waals surface area contributed by atoms with Gasteiger partial charge in [0.05, 0.1) is 5.52 Å². The second-order valence-corrected chi connectivity index (χ2v) is 5.84. The van der Waals surface area contributed by atoms with Gasteiger partial charge in [0.1, 0.15) is 5.15 Å². The highest BCUT2D eigenvalue weighted by atomic mass is 79.9. The number of hydrogen-bond acceptors (Lipinski definition) is 1. The molecule has 0 atom stereocenters. The van der Waals surface area contributed by atoms with Gasteiger partial charge in [-0.25, -0.2) is 4.98 Å². The van der Waals surface area contributed by atoms with E-state index in [0.29, 0.717) is 10.2 Å². The lowest BCUT2D eigenvalue weighted by Gasteiger charge is -2.09. The van der Waals surface area contributed by atoms with Crippen molar-refractivity contribution in [3.63, 3.8) is 0 Å². The first-order valence-corrected chi connectivity index (χ1v) is 7.21. The molecule has 94 valence electrons. The molecule has 4 heteroatoms. The number of nitrogens with zero attached hydrogens (tertiary/aromatic N) is 1. The van der Waals surface area contributed by atoms with Crippen molar-refractivity contribution < 1.29 is 0 Å². The fourth-order valence-electron chi connectivity index (χ4n) is 2.07. The Morgan fingerprint density at radius 2 is 1.68 bits per heavy atom. The maximum absolute atomic E-state index is 6.28. The molecule has 0 spiro atoms. The summed E-state index contributed by atoms with van der Waals surface area (Å²) in [5.74, 6) is 0. The molecule has 0 bridgehead atoms. The summed E-state index contributed by atoms with van der Waals surface area (Å²) in [5.41, 5.74) is 2.80. The van der Waals surface area contributed by atoms with Crippen molar-refractivity contribution in [2.45, 2.75) is 0 Å². The number of halogens is 3. The van der Waals surface area contributed by atoms with Crippen molar-refractivity contribution >= 4 is 50.0 Å². The second-order valence-electron chi connectivity index (χ2n) is 4.13. The first kappa shape index (κ1) is 12.9. The molecule has 0 radical (unpaired) electrons. The van der Waals surface area contributed by atoms with E-state index in [9.17, 15) is 0 Å². The maximum atomic E-state index is 6.28. The van der Waals surface area contributed by atoms with Crippen LogP contribution in [-0.2, 0) is 0 Å². The number of fused-ring (bicyclic) bond motifs is 1. The molecule has 1 heterocycles. The van der Waals surface area contributed by atoms with Gasteiger partial charge < -0.3 is 0 Å². The Morgan fingerprint density at radius 3 is 2.47 bits per heavy atom. The van der Waals surface area contributed by atoms with Gasteiger partial charge in [0, 0.05) is 20.4 Å². The zero-order chi connectivity index (χ0) is 13.4. The van der Waals surface area contributed by atoms with Gasteiger partial charge in [0.2, 0.25) is 0 Å². The lowest BCUT2D eigenvalue weighted by atomic mass is 10.0. The van der Waals surface area contributed by atoms with E-state index in [1.807, 2.05) is 48.5 Å². The topological polar surface area (TPSA) is 12.9 Å². The van der Waals surface area contributed by atoms with Crippen LogP contribution in [0.15, 0.2) is 53.0 Å². The molecule has 0 saturated carbocycles. The third kappa shape index (κ3) is 2.48. The lowest BCUT2D eigenvalue weighted by molar-refractivity contribution is 1.41. The number of aromatic nitrogens is 1. The Bertz CT molecular complexity index is 771. The van der Waals surface area contributed by atoms with Crippen LogP contribution in [-0.4, -0.2) is 4.98 Å². The summed E-state index contributed by atoms with van der Waals surface area (Å²) in [6, 6.07) is 15.5. The third-order valence-corrected chi connectivity index (χ3v) is 3.92. The van der Waals surface area contributed by atoms with Crippen molar-refractivity contribution in [2.75, 3.05) is 0 Å². The SMILES string of the molecule is Clc1cc(-c2ccccc2Cl)c2cc(Br)ccc2n1. The van der Waals surface area contributed by atoms with Crippen molar-refractivity contribution in [1.29, 1.82) is 0 Å². The molecule has 0 aliphatic rings. The van der Waals surface area contributed by atoms with E-state index in [2.05, 4.69) is 20.9 Å². The second kappa shape index (κ2) is 5.12. The average molecular weight is 353 g/mol. The van der Waals surface area contributed by atoms with Crippen LogP contribution in [0.3, 0.4) is 0 Å². The fourth-order valence-corrected chi connectivity index (χ4v) is 2.87. The van der Waals surface area contributed by atoms with Crippen molar-refractivity contribution in [3.05, 3.63) is 63.2 Å². The Morgan fingerprint density at radius 1 is 0.895 bits per heavy atom. The summed E-state index contributed by atoms with van der Waals surface area (Å²) >= 11 is 15.9. The van der Waals surface area contributed by atoms with E-state index in [4.69, 9.17) is 23.2 Å². The van der Waals surface area contributed by atoms with Crippen molar-refractivity contribution in [1.82, 2.24) is 4.98 Å². The highest BCUT2D eigenvalue weighted by Crippen LogP contribution is 2.35. The summed E-state index contributed by atoms with van der Waals surface area (Å²) in [5, 5.41) is 2.18. The molecule has 2 aromatic carbocycles. The molecule has 1 aromatic heterocycles. The van der Waals surface area contributed by atoms with Gasteiger partial charge in [-0.1, -0.05) is 57.3 Å². The highest BCUT2D eigenvalue weighted by molar-refractivity contribution is 9.10. The number of hydrogen-bond donors (Lipinski definition) is 0. The Labute approximate surface area is 129 Å². The molecule has 0 fully saturated rings. The van der Waals surface area contributed by atoms with Crippen molar-refractivity contribution in [3.8, 4) is 11.1 Å². The monoisotopic (exact) mass is 351 g/mol. The molecule has 19 heavy (non-hydrogen) atoms. The molecular formula is C15H8BrCl2N. The molecular weight excluding hydrogens is 345 g/mol. The van der Waals surface area contributed by atoms with Crippen LogP contribution in [0.4, 0.5) is 0 Å². The van der Waals surface area contributed by atoms with Crippen LogP contribution in [0.2, 0.25) is 10.2 Å². The van der Waals surface area contributed by atoms with E-state index in [1.165, 1.54) is 0 Å². The molecule has 0 amide bonds. The van der Waals surface area contributed by atoms with Crippen LogP contribution < -0.4 is 0 Å². The van der Waals surface area contributed by atoms with Crippen molar-refractivity contribution in [2.24, 2.45) is 0 Å². The highest BCUT2D eigenvalue weighted by Gasteiger charge is 2.10. The molecule has 0 N–H and O–H groups in total. The maximum Gasteiger partial charge on any atom is 0.130 e. The average Bonchev–Trinajstić information content (AvgIpc) is 2.39. The van der Waals surface area contributed by atoms with Gasteiger partial charge in [-0.3, -0.25) is 0 Å². The Balaban J connectivity index is 2.40. The zero-order valence-electron chi connectivity index (χ0n) is 9.70. The number of pyridine rings is 1. The zero-order valence-corrected chi connectivity index (χ0v) is 12.8. The first-order valence-electron chi connectivity index (χ1n) is 5.66. The first-order chi connectivity index (χ1) is 9.15. The number of benzene rings is 2. The van der Waals surface area contributed by atoms with Gasteiger partial charge in [0.25, 0.3) is 0 Å². The largest absolute Gasteiger partial charge is 0.236 e. The summed E-state index contributed by atoms with van der Waals surface area (Å²) in [7, 11) is 0. The minimum Gasteiger partial charge on any atom is -0.236 e. The van der Waals surface area contributed by atoms with E-state index >= 15 is 0 Å². The van der Waals surface area contributed by atoms with Crippen LogP contribution >= 0.6 is 39.1 Å². The molecule has 0 aliphatic heterocycles. The van der Waals surface area contributed by atoms with Gasteiger partial charge in [-0.2, -0.15) is 0 Å². The summed E-state index contributed by atoms with van der Waals surface area (Å²) in [6.07, 6.45) is 0. The van der Waals surface area contributed by atoms with Gasteiger partial charge in [-0.15, -0.1) is 0 Å². The molecule has 3 aromatic rings. The lowest BCUT2D eigenvalue weighted by Crippen LogP contribution is -1.87. The third-order valence-electron chi connectivity index (χ3n) is 2.90. The summed E-state index contributed by atoms with van der Waals surface area (Å²) < 4.78 is 0.998. The van der Waals surface area contributed by atoms with E-state index in [1.54, 1.807) is 0 Å². The van der Waals surface area contributed by atoms with Gasteiger partial charge in [0.15, 0.2) is 0 Å². The fraction of sp³-hybridized carbons (Fsp3) is 0. The minimum atomic E-state index is 0.463. The quantitative estimate of drug-likeness (QED) is 0.491. The predicted octanol–water partition coefficient (Wildman–Crippen LogP) is 5.97. The van der Waals surface area contributed by atoms with E-state index < -0.39 is 0 Å². The smallest absolute Gasteiger partial charge is 0.130 e. The molecule has 0 saturated heterocycles. The van der Waals surface area contributed by atoms with Gasteiger partial charge in [-0.05, 0) is 35.9 Å².